The van der Waals surface area contributed by atoms with Gasteiger partial charge in [0.25, 0.3) is 0 Å². The smallest absolute Gasteiger partial charge is 0.310 e. The van der Waals surface area contributed by atoms with E-state index in [0.717, 1.165) is 24.2 Å². The molecule has 5 nitrogen and oxygen atoms in total. The Balaban J connectivity index is 1.26. The van der Waals surface area contributed by atoms with E-state index in [1.165, 1.54) is 0 Å². The summed E-state index contributed by atoms with van der Waals surface area (Å²) in [6.07, 6.45) is 1.81. The van der Waals surface area contributed by atoms with Crippen molar-refractivity contribution in [1.29, 1.82) is 0 Å². The van der Waals surface area contributed by atoms with Crippen molar-refractivity contribution in [2.75, 3.05) is 5.32 Å². The first-order chi connectivity index (χ1) is 13.1. The van der Waals surface area contributed by atoms with Crippen molar-refractivity contribution in [3.63, 3.8) is 0 Å². The molecule has 0 spiro atoms. The maximum absolute atomic E-state index is 12.8. The molecule has 3 fully saturated rings. The highest BCUT2D eigenvalue weighted by Crippen LogP contribution is 2.57. The number of benzene rings is 2. The second kappa shape index (κ2) is 6.12. The number of anilines is 1. The average molecular weight is 363 g/mol. The Morgan fingerprint density at radius 3 is 2.70 bits per heavy atom. The van der Waals surface area contributed by atoms with Crippen LogP contribution in [0.15, 0.2) is 48.5 Å². The van der Waals surface area contributed by atoms with Gasteiger partial charge < -0.3 is 14.8 Å². The Hall–Kier alpha value is -2.82. The number of esters is 1. The molecule has 1 N–H and O–H groups in total. The molecule has 1 aliphatic heterocycles. The second-order valence-electron chi connectivity index (χ2n) is 7.85. The van der Waals surface area contributed by atoms with Gasteiger partial charge in [-0.25, -0.2) is 0 Å². The molecule has 5 atom stereocenters. The van der Waals surface area contributed by atoms with Crippen LogP contribution in [-0.2, 0) is 14.3 Å². The summed E-state index contributed by atoms with van der Waals surface area (Å²) < 4.78 is 11.3. The minimum atomic E-state index is -0.260. The molecule has 1 heterocycles. The lowest BCUT2D eigenvalue weighted by molar-refractivity contribution is -0.145. The minimum Gasteiger partial charge on any atom is -0.462 e. The SMILES string of the molecule is Cc1cccc(Oc2ccc(NC(=O)[C@@H]3[C@@H]4C[C@H]5[C@@H]3C(=O)O[C@@H]5C4)cc2)c1. The molecule has 5 heteroatoms. The summed E-state index contributed by atoms with van der Waals surface area (Å²) in [4.78, 5) is 24.9. The highest BCUT2D eigenvalue weighted by atomic mass is 16.6. The van der Waals surface area contributed by atoms with E-state index in [-0.39, 0.29) is 41.7 Å². The molecule has 2 aliphatic carbocycles. The summed E-state index contributed by atoms with van der Waals surface area (Å²) in [7, 11) is 0. The third kappa shape index (κ3) is 2.78. The third-order valence-corrected chi connectivity index (χ3v) is 6.13. The van der Waals surface area contributed by atoms with Crippen molar-refractivity contribution in [3.05, 3.63) is 54.1 Å². The lowest BCUT2D eigenvalue weighted by atomic mass is 9.79. The van der Waals surface area contributed by atoms with E-state index >= 15 is 0 Å². The fraction of sp³-hybridized carbons (Fsp3) is 0.364. The monoisotopic (exact) mass is 363 g/mol. The molecular weight excluding hydrogens is 342 g/mol. The first-order valence-corrected chi connectivity index (χ1v) is 9.44. The fourth-order valence-electron chi connectivity index (χ4n) is 5.01. The maximum Gasteiger partial charge on any atom is 0.310 e. The van der Waals surface area contributed by atoms with E-state index in [4.69, 9.17) is 9.47 Å². The Labute approximate surface area is 157 Å². The maximum atomic E-state index is 12.8. The predicted molar refractivity (Wildman–Crippen MR) is 99.4 cm³/mol. The van der Waals surface area contributed by atoms with E-state index in [1.807, 2.05) is 55.5 Å². The quantitative estimate of drug-likeness (QED) is 0.836. The molecule has 5 rings (SSSR count). The highest BCUT2D eigenvalue weighted by molar-refractivity contribution is 5.97. The molecular formula is C22H21NO4. The van der Waals surface area contributed by atoms with Crippen molar-refractivity contribution in [2.24, 2.45) is 23.7 Å². The Morgan fingerprint density at radius 1 is 1.11 bits per heavy atom. The van der Waals surface area contributed by atoms with Crippen molar-refractivity contribution in [3.8, 4) is 11.5 Å². The molecule has 27 heavy (non-hydrogen) atoms. The molecule has 2 aromatic rings. The largest absolute Gasteiger partial charge is 0.462 e. The van der Waals surface area contributed by atoms with Gasteiger partial charge in [-0.2, -0.15) is 0 Å². The van der Waals surface area contributed by atoms with Crippen LogP contribution in [0.2, 0.25) is 0 Å². The normalized spacial score (nSPS) is 30.3. The number of ether oxygens (including phenoxy) is 2. The van der Waals surface area contributed by atoms with Gasteiger partial charge in [-0.3, -0.25) is 9.59 Å². The molecule has 0 aromatic heterocycles. The first-order valence-electron chi connectivity index (χ1n) is 9.44. The van der Waals surface area contributed by atoms with Crippen LogP contribution in [0.5, 0.6) is 11.5 Å². The summed E-state index contributed by atoms with van der Waals surface area (Å²) in [5, 5.41) is 2.97. The van der Waals surface area contributed by atoms with E-state index in [9.17, 15) is 9.59 Å². The summed E-state index contributed by atoms with van der Waals surface area (Å²) >= 11 is 0. The zero-order chi connectivity index (χ0) is 18.5. The number of hydrogen-bond acceptors (Lipinski definition) is 4. The van der Waals surface area contributed by atoms with Crippen LogP contribution in [-0.4, -0.2) is 18.0 Å². The molecule has 138 valence electrons. The third-order valence-electron chi connectivity index (χ3n) is 6.13. The molecule has 0 unspecified atom stereocenters. The zero-order valence-corrected chi connectivity index (χ0v) is 15.1. The predicted octanol–water partition coefficient (Wildman–Crippen LogP) is 3.92. The Bertz CT molecular complexity index is 905. The Kier molecular flexibility index (Phi) is 3.71. The van der Waals surface area contributed by atoms with Crippen LogP contribution in [0.4, 0.5) is 5.69 Å². The van der Waals surface area contributed by atoms with Crippen LogP contribution >= 0.6 is 0 Å². The van der Waals surface area contributed by atoms with Crippen LogP contribution < -0.4 is 10.1 Å². The van der Waals surface area contributed by atoms with E-state index in [2.05, 4.69) is 5.32 Å². The first kappa shape index (κ1) is 16.4. The number of amides is 1. The second-order valence-corrected chi connectivity index (χ2v) is 7.85. The summed E-state index contributed by atoms with van der Waals surface area (Å²) in [6.45, 7) is 2.02. The number of hydrogen-bond donors (Lipinski definition) is 1. The van der Waals surface area contributed by atoms with E-state index < -0.39 is 0 Å². The van der Waals surface area contributed by atoms with Gasteiger partial charge in [-0.15, -0.1) is 0 Å². The molecule has 2 bridgehead atoms. The lowest BCUT2D eigenvalue weighted by Crippen LogP contribution is -2.35. The summed E-state index contributed by atoms with van der Waals surface area (Å²) in [5.41, 5.74) is 1.84. The minimum absolute atomic E-state index is 0.0506. The van der Waals surface area contributed by atoms with Gasteiger partial charge in [0, 0.05) is 11.6 Å². The number of nitrogens with one attached hydrogen (secondary N) is 1. The van der Waals surface area contributed by atoms with Crippen LogP contribution in [0.3, 0.4) is 0 Å². The number of carbonyl (C=O) groups is 2. The summed E-state index contributed by atoms with van der Waals surface area (Å²) in [6, 6.07) is 15.2. The topological polar surface area (TPSA) is 64.6 Å². The molecule has 1 amide bonds. The molecule has 0 radical (unpaired) electrons. The van der Waals surface area contributed by atoms with E-state index in [0.29, 0.717) is 11.4 Å². The van der Waals surface area contributed by atoms with Gasteiger partial charge in [-0.05, 0) is 67.6 Å². The average Bonchev–Trinajstić information content (AvgIpc) is 3.26. The number of carbonyl (C=O) groups excluding carboxylic acids is 2. The van der Waals surface area contributed by atoms with Gasteiger partial charge in [0.1, 0.15) is 17.6 Å². The Morgan fingerprint density at radius 2 is 1.93 bits per heavy atom. The van der Waals surface area contributed by atoms with Crippen molar-refractivity contribution < 1.29 is 19.1 Å². The van der Waals surface area contributed by atoms with Crippen molar-refractivity contribution >= 4 is 17.6 Å². The van der Waals surface area contributed by atoms with E-state index in [1.54, 1.807) is 0 Å². The highest BCUT2D eigenvalue weighted by Gasteiger charge is 2.63. The van der Waals surface area contributed by atoms with Crippen molar-refractivity contribution in [1.82, 2.24) is 0 Å². The van der Waals surface area contributed by atoms with Crippen molar-refractivity contribution in [2.45, 2.75) is 25.9 Å². The zero-order valence-electron chi connectivity index (χ0n) is 15.1. The molecule has 3 aliphatic rings. The molecule has 2 saturated carbocycles. The van der Waals surface area contributed by atoms with Gasteiger partial charge >= 0.3 is 5.97 Å². The van der Waals surface area contributed by atoms with Crippen LogP contribution in [0.1, 0.15) is 18.4 Å². The number of fused-ring (bicyclic) bond motifs is 1. The number of aryl methyl sites for hydroxylation is 1. The molecule has 2 aromatic carbocycles. The van der Waals surface area contributed by atoms with Crippen LogP contribution in [0, 0.1) is 30.6 Å². The fourth-order valence-corrected chi connectivity index (χ4v) is 5.01. The standard InChI is InChI=1S/C22H21NO4/c1-12-3-2-4-16(9-12)26-15-7-5-14(6-8-15)23-21(24)19-13-10-17-18(11-13)27-22(25)20(17)19/h2-9,13,17-20H,10-11H2,1H3,(H,23,24)/t13-,17-,18-,19-,20+/m1/s1. The molecule has 1 saturated heterocycles. The van der Waals surface area contributed by atoms with Gasteiger partial charge in [0.05, 0.1) is 11.8 Å². The summed E-state index contributed by atoms with van der Waals surface area (Å²) in [5.74, 6) is 1.22. The van der Waals surface area contributed by atoms with Gasteiger partial charge in [0.2, 0.25) is 5.91 Å². The van der Waals surface area contributed by atoms with Gasteiger partial charge in [-0.1, -0.05) is 12.1 Å². The van der Waals surface area contributed by atoms with Gasteiger partial charge in [0.15, 0.2) is 0 Å². The van der Waals surface area contributed by atoms with Crippen LogP contribution in [0.25, 0.3) is 0 Å². The lowest BCUT2D eigenvalue weighted by Gasteiger charge is -2.23. The number of rotatable bonds is 4.